The molecule has 0 saturated heterocycles. The van der Waals surface area contributed by atoms with E-state index in [4.69, 9.17) is 4.74 Å². The number of para-hydroxylation sites is 1. The van der Waals surface area contributed by atoms with E-state index >= 15 is 0 Å². The molecule has 0 aliphatic heterocycles. The Morgan fingerprint density at radius 2 is 1.75 bits per heavy atom. The van der Waals surface area contributed by atoms with Crippen LogP contribution in [0, 0.1) is 5.92 Å². The molecule has 0 aliphatic rings. The van der Waals surface area contributed by atoms with Crippen molar-refractivity contribution in [2.45, 2.75) is 19.8 Å². The number of fused-ring (bicyclic) bond motifs is 1. The molecule has 0 spiro atoms. The number of hydrogen-bond donors (Lipinski definition) is 1. The Kier molecular flexibility index (Phi) is 4.75. The Labute approximate surface area is 140 Å². The molecule has 4 nitrogen and oxygen atoms in total. The molecule has 0 fully saturated rings. The summed E-state index contributed by atoms with van der Waals surface area (Å²) in [5.74, 6) is -0.388. The fourth-order valence-electron chi connectivity index (χ4n) is 2.81. The first-order chi connectivity index (χ1) is 11.6. The molecule has 0 saturated carbocycles. The van der Waals surface area contributed by atoms with Gasteiger partial charge < -0.3 is 14.5 Å². The highest BCUT2D eigenvalue weighted by atomic mass is 16.5. The molecular formula is C20H19NO3. The van der Waals surface area contributed by atoms with Crippen molar-refractivity contribution in [3.05, 3.63) is 66.4 Å². The summed E-state index contributed by atoms with van der Waals surface area (Å²) in [7, 11) is 0. The van der Waals surface area contributed by atoms with Crippen molar-refractivity contribution in [1.82, 2.24) is 4.98 Å². The van der Waals surface area contributed by atoms with Crippen molar-refractivity contribution < 1.29 is 14.3 Å². The van der Waals surface area contributed by atoms with Crippen LogP contribution in [0.25, 0.3) is 10.9 Å². The molecule has 122 valence electrons. The number of carbonyl (C=O) groups is 2. The summed E-state index contributed by atoms with van der Waals surface area (Å²) < 4.78 is 5.58. The SMILES string of the molecule is CC(=O)CC(Cc1ccccc1)C(=O)Oc1c[nH]c2ccccc12. The standard InChI is InChI=1S/C20H19NO3/c1-14(22)11-16(12-15-7-3-2-4-8-15)20(23)24-19-13-21-18-10-6-5-9-17(18)19/h2-10,13,16,21H,11-12H2,1H3. The van der Waals surface area contributed by atoms with Crippen LogP contribution in [-0.2, 0) is 16.0 Å². The highest BCUT2D eigenvalue weighted by Gasteiger charge is 2.24. The fraction of sp³-hybridized carbons (Fsp3) is 0.200. The van der Waals surface area contributed by atoms with Gasteiger partial charge in [0.05, 0.1) is 5.92 Å². The first-order valence-corrected chi connectivity index (χ1v) is 7.94. The number of rotatable bonds is 6. The van der Waals surface area contributed by atoms with Gasteiger partial charge in [0.1, 0.15) is 5.78 Å². The van der Waals surface area contributed by atoms with E-state index in [1.165, 1.54) is 6.92 Å². The predicted octanol–water partition coefficient (Wildman–Crippen LogP) is 3.91. The van der Waals surface area contributed by atoms with E-state index < -0.39 is 5.92 Å². The van der Waals surface area contributed by atoms with Crippen LogP contribution in [0.4, 0.5) is 0 Å². The smallest absolute Gasteiger partial charge is 0.315 e. The monoisotopic (exact) mass is 321 g/mol. The molecule has 1 unspecified atom stereocenters. The highest BCUT2D eigenvalue weighted by molar-refractivity contribution is 5.90. The lowest BCUT2D eigenvalue weighted by Gasteiger charge is -2.14. The van der Waals surface area contributed by atoms with Gasteiger partial charge in [0.15, 0.2) is 5.75 Å². The Morgan fingerprint density at radius 1 is 1.04 bits per heavy atom. The molecule has 24 heavy (non-hydrogen) atoms. The first kappa shape index (κ1) is 16.0. The summed E-state index contributed by atoms with van der Waals surface area (Å²) in [5, 5.41) is 0.854. The van der Waals surface area contributed by atoms with Gasteiger partial charge in [-0.05, 0) is 31.0 Å². The number of H-pyrrole nitrogens is 1. The molecule has 2 aromatic carbocycles. The molecule has 1 atom stereocenters. The Bertz CT molecular complexity index is 851. The molecule has 0 radical (unpaired) electrons. The number of hydrogen-bond acceptors (Lipinski definition) is 3. The number of aromatic amines is 1. The van der Waals surface area contributed by atoms with E-state index in [9.17, 15) is 9.59 Å². The van der Waals surface area contributed by atoms with Crippen molar-refractivity contribution in [2.24, 2.45) is 5.92 Å². The van der Waals surface area contributed by atoms with Crippen LogP contribution < -0.4 is 4.74 Å². The first-order valence-electron chi connectivity index (χ1n) is 7.94. The van der Waals surface area contributed by atoms with E-state index in [2.05, 4.69) is 4.98 Å². The zero-order chi connectivity index (χ0) is 16.9. The number of ketones is 1. The summed E-state index contributed by atoms with van der Waals surface area (Å²) in [6.45, 7) is 1.50. The van der Waals surface area contributed by atoms with E-state index in [-0.39, 0.29) is 18.2 Å². The molecule has 1 heterocycles. The third-order valence-corrected chi connectivity index (χ3v) is 3.95. The lowest BCUT2D eigenvalue weighted by molar-refractivity contribution is -0.140. The zero-order valence-corrected chi connectivity index (χ0v) is 13.5. The van der Waals surface area contributed by atoms with Crippen molar-refractivity contribution in [3.63, 3.8) is 0 Å². The molecule has 3 aromatic rings. The molecule has 0 bridgehead atoms. The lowest BCUT2D eigenvalue weighted by atomic mass is 9.94. The number of ether oxygens (including phenoxy) is 1. The van der Waals surface area contributed by atoms with Gasteiger partial charge in [0.25, 0.3) is 0 Å². The highest BCUT2D eigenvalue weighted by Crippen LogP contribution is 2.26. The maximum absolute atomic E-state index is 12.6. The minimum absolute atomic E-state index is 0.0215. The number of benzene rings is 2. The summed E-state index contributed by atoms with van der Waals surface area (Å²) >= 11 is 0. The Morgan fingerprint density at radius 3 is 2.50 bits per heavy atom. The molecule has 1 aromatic heterocycles. The van der Waals surface area contributed by atoms with Gasteiger partial charge in [-0.25, -0.2) is 0 Å². The van der Waals surface area contributed by atoms with Gasteiger partial charge >= 0.3 is 5.97 Å². The van der Waals surface area contributed by atoms with E-state index in [0.29, 0.717) is 12.2 Å². The molecule has 4 heteroatoms. The maximum atomic E-state index is 12.6. The van der Waals surface area contributed by atoms with E-state index in [1.807, 2.05) is 54.6 Å². The van der Waals surface area contributed by atoms with Crippen LogP contribution >= 0.6 is 0 Å². The largest absolute Gasteiger partial charge is 0.424 e. The summed E-state index contributed by atoms with van der Waals surface area (Å²) in [6, 6.07) is 17.3. The second-order valence-corrected chi connectivity index (χ2v) is 5.91. The molecular weight excluding hydrogens is 302 g/mol. The molecule has 0 amide bonds. The van der Waals surface area contributed by atoms with Crippen LogP contribution in [0.3, 0.4) is 0 Å². The molecule has 3 rings (SSSR count). The van der Waals surface area contributed by atoms with Crippen LogP contribution in [0.5, 0.6) is 5.75 Å². The normalized spacial score (nSPS) is 12.0. The molecule has 0 aliphatic carbocycles. The zero-order valence-electron chi connectivity index (χ0n) is 13.5. The van der Waals surface area contributed by atoms with Gasteiger partial charge in [-0.2, -0.15) is 0 Å². The van der Waals surface area contributed by atoms with E-state index in [1.54, 1.807) is 6.20 Å². The maximum Gasteiger partial charge on any atom is 0.315 e. The number of aromatic nitrogens is 1. The van der Waals surface area contributed by atoms with Gasteiger partial charge in [0.2, 0.25) is 0 Å². The third kappa shape index (κ3) is 3.71. The second kappa shape index (κ2) is 7.13. The lowest BCUT2D eigenvalue weighted by Crippen LogP contribution is -2.24. The summed E-state index contributed by atoms with van der Waals surface area (Å²) in [4.78, 5) is 27.2. The van der Waals surface area contributed by atoms with Gasteiger partial charge in [0, 0.05) is 23.5 Å². The Hall–Kier alpha value is -2.88. The predicted molar refractivity (Wildman–Crippen MR) is 92.9 cm³/mol. The average molecular weight is 321 g/mol. The van der Waals surface area contributed by atoms with Crippen molar-refractivity contribution in [1.29, 1.82) is 0 Å². The van der Waals surface area contributed by atoms with Gasteiger partial charge in [-0.1, -0.05) is 42.5 Å². The van der Waals surface area contributed by atoms with Gasteiger partial charge in [-0.3, -0.25) is 4.79 Å². The second-order valence-electron chi connectivity index (χ2n) is 5.91. The topological polar surface area (TPSA) is 59.2 Å². The Balaban J connectivity index is 1.79. The van der Waals surface area contributed by atoms with Crippen molar-refractivity contribution >= 4 is 22.7 Å². The molecule has 1 N–H and O–H groups in total. The summed E-state index contributed by atoms with van der Waals surface area (Å²) in [6.07, 6.45) is 2.34. The fourth-order valence-corrected chi connectivity index (χ4v) is 2.81. The van der Waals surface area contributed by atoms with Crippen LogP contribution in [0.15, 0.2) is 60.8 Å². The van der Waals surface area contributed by atoms with Crippen LogP contribution in [0.2, 0.25) is 0 Å². The minimum Gasteiger partial charge on any atom is -0.424 e. The number of nitrogens with one attached hydrogen (secondary N) is 1. The number of esters is 1. The van der Waals surface area contributed by atoms with Crippen molar-refractivity contribution in [3.8, 4) is 5.75 Å². The third-order valence-electron chi connectivity index (χ3n) is 3.95. The van der Waals surface area contributed by atoms with Gasteiger partial charge in [-0.15, -0.1) is 0 Å². The van der Waals surface area contributed by atoms with E-state index in [0.717, 1.165) is 16.5 Å². The van der Waals surface area contributed by atoms with Crippen molar-refractivity contribution in [2.75, 3.05) is 0 Å². The number of Topliss-reactive ketones (excluding diaryl/α,β-unsaturated/α-hetero) is 1. The average Bonchev–Trinajstić information content (AvgIpc) is 2.98. The number of carbonyl (C=O) groups excluding carboxylic acids is 2. The van der Waals surface area contributed by atoms with Crippen LogP contribution in [-0.4, -0.2) is 16.7 Å². The van der Waals surface area contributed by atoms with Crippen LogP contribution in [0.1, 0.15) is 18.9 Å². The minimum atomic E-state index is -0.487. The summed E-state index contributed by atoms with van der Waals surface area (Å²) in [5.41, 5.74) is 1.92. The quantitative estimate of drug-likeness (QED) is 0.700.